The average molecular weight is 183 g/mol. The van der Waals surface area contributed by atoms with Gasteiger partial charge >= 0.3 is 0 Å². The SMILES string of the molecule is CCCC(NC)C1CCCC(C)C1. The topological polar surface area (TPSA) is 12.0 Å². The maximum absolute atomic E-state index is 3.49. The van der Waals surface area contributed by atoms with E-state index in [2.05, 4.69) is 26.2 Å². The Balaban J connectivity index is 2.37. The summed E-state index contributed by atoms with van der Waals surface area (Å²) < 4.78 is 0. The smallest absolute Gasteiger partial charge is 0.00923 e. The number of hydrogen-bond donors (Lipinski definition) is 1. The molecule has 1 aliphatic carbocycles. The zero-order valence-electron chi connectivity index (χ0n) is 9.47. The minimum Gasteiger partial charge on any atom is -0.317 e. The molecule has 1 nitrogen and oxygen atoms in total. The van der Waals surface area contributed by atoms with Crippen molar-refractivity contribution in [2.45, 2.75) is 58.4 Å². The third-order valence-electron chi connectivity index (χ3n) is 3.52. The Kier molecular flexibility index (Phi) is 4.79. The van der Waals surface area contributed by atoms with Crippen LogP contribution in [0, 0.1) is 11.8 Å². The highest BCUT2D eigenvalue weighted by Gasteiger charge is 2.24. The van der Waals surface area contributed by atoms with Crippen molar-refractivity contribution in [1.82, 2.24) is 5.32 Å². The molecule has 0 amide bonds. The van der Waals surface area contributed by atoms with E-state index in [1.165, 1.54) is 38.5 Å². The Morgan fingerprint density at radius 3 is 2.69 bits per heavy atom. The largest absolute Gasteiger partial charge is 0.317 e. The number of rotatable bonds is 4. The molecule has 0 aliphatic heterocycles. The zero-order valence-corrected chi connectivity index (χ0v) is 9.47. The van der Waals surface area contributed by atoms with Crippen LogP contribution in [0.2, 0.25) is 0 Å². The lowest BCUT2D eigenvalue weighted by Gasteiger charge is -2.33. The predicted octanol–water partition coefficient (Wildman–Crippen LogP) is 3.20. The fourth-order valence-electron chi connectivity index (χ4n) is 2.77. The van der Waals surface area contributed by atoms with Crippen LogP contribution >= 0.6 is 0 Å². The zero-order chi connectivity index (χ0) is 9.68. The van der Waals surface area contributed by atoms with Crippen molar-refractivity contribution in [1.29, 1.82) is 0 Å². The van der Waals surface area contributed by atoms with Gasteiger partial charge in [0.1, 0.15) is 0 Å². The second kappa shape index (κ2) is 5.64. The van der Waals surface area contributed by atoms with Gasteiger partial charge < -0.3 is 5.32 Å². The van der Waals surface area contributed by atoms with Gasteiger partial charge in [0, 0.05) is 6.04 Å². The van der Waals surface area contributed by atoms with Crippen LogP contribution in [0.4, 0.5) is 0 Å². The van der Waals surface area contributed by atoms with Gasteiger partial charge in [-0.05, 0) is 38.1 Å². The summed E-state index contributed by atoms with van der Waals surface area (Å²) in [6.07, 6.45) is 8.48. The van der Waals surface area contributed by atoms with E-state index in [1.807, 2.05) is 0 Å². The van der Waals surface area contributed by atoms with Crippen LogP contribution in [0.1, 0.15) is 52.4 Å². The highest BCUT2D eigenvalue weighted by atomic mass is 14.9. The fraction of sp³-hybridized carbons (Fsp3) is 1.00. The van der Waals surface area contributed by atoms with E-state index in [4.69, 9.17) is 0 Å². The van der Waals surface area contributed by atoms with Crippen molar-refractivity contribution in [2.24, 2.45) is 11.8 Å². The van der Waals surface area contributed by atoms with Crippen LogP contribution in [-0.2, 0) is 0 Å². The molecule has 1 heteroatoms. The highest BCUT2D eigenvalue weighted by Crippen LogP contribution is 2.31. The van der Waals surface area contributed by atoms with Crippen LogP contribution < -0.4 is 5.32 Å². The van der Waals surface area contributed by atoms with Gasteiger partial charge in [0.2, 0.25) is 0 Å². The second-order valence-corrected chi connectivity index (χ2v) is 4.72. The molecule has 1 aliphatic rings. The van der Waals surface area contributed by atoms with Gasteiger partial charge in [-0.15, -0.1) is 0 Å². The first-order valence-electron chi connectivity index (χ1n) is 5.95. The lowest BCUT2D eigenvalue weighted by Crippen LogP contribution is -2.36. The van der Waals surface area contributed by atoms with Crippen molar-refractivity contribution in [3.05, 3.63) is 0 Å². The predicted molar refractivity (Wildman–Crippen MR) is 58.9 cm³/mol. The van der Waals surface area contributed by atoms with Crippen LogP contribution in [0.25, 0.3) is 0 Å². The Morgan fingerprint density at radius 2 is 2.15 bits per heavy atom. The van der Waals surface area contributed by atoms with Gasteiger partial charge in [0.05, 0.1) is 0 Å². The molecule has 3 unspecified atom stereocenters. The maximum Gasteiger partial charge on any atom is 0.00923 e. The van der Waals surface area contributed by atoms with E-state index in [0.717, 1.165) is 17.9 Å². The van der Waals surface area contributed by atoms with Gasteiger partial charge in [0.25, 0.3) is 0 Å². The second-order valence-electron chi connectivity index (χ2n) is 4.72. The van der Waals surface area contributed by atoms with Crippen molar-refractivity contribution in [2.75, 3.05) is 7.05 Å². The van der Waals surface area contributed by atoms with Gasteiger partial charge in [-0.1, -0.05) is 33.1 Å². The first kappa shape index (κ1) is 11.0. The quantitative estimate of drug-likeness (QED) is 0.706. The highest BCUT2D eigenvalue weighted by molar-refractivity contribution is 4.80. The summed E-state index contributed by atoms with van der Waals surface area (Å²) in [6.45, 7) is 4.70. The summed E-state index contributed by atoms with van der Waals surface area (Å²) in [5.41, 5.74) is 0. The normalized spacial score (nSPS) is 31.6. The standard InChI is InChI=1S/C12H25N/c1-4-6-12(13-3)11-8-5-7-10(2)9-11/h10-13H,4-9H2,1-3H3. The molecular weight excluding hydrogens is 158 g/mol. The molecular formula is C12H25N. The third kappa shape index (κ3) is 3.30. The molecule has 0 saturated heterocycles. The summed E-state index contributed by atoms with van der Waals surface area (Å²) in [5.74, 6) is 1.92. The van der Waals surface area contributed by atoms with Crippen molar-refractivity contribution >= 4 is 0 Å². The van der Waals surface area contributed by atoms with E-state index in [-0.39, 0.29) is 0 Å². The van der Waals surface area contributed by atoms with Crippen LogP contribution in [0.3, 0.4) is 0 Å². The minimum atomic E-state index is 0.785. The molecule has 3 atom stereocenters. The summed E-state index contributed by atoms with van der Waals surface area (Å²) >= 11 is 0. The molecule has 0 bridgehead atoms. The van der Waals surface area contributed by atoms with Crippen molar-refractivity contribution < 1.29 is 0 Å². The summed E-state index contributed by atoms with van der Waals surface area (Å²) in [6, 6.07) is 0.785. The molecule has 1 fully saturated rings. The first-order valence-corrected chi connectivity index (χ1v) is 5.95. The van der Waals surface area contributed by atoms with E-state index >= 15 is 0 Å². The van der Waals surface area contributed by atoms with E-state index in [1.54, 1.807) is 0 Å². The summed E-state index contributed by atoms with van der Waals surface area (Å²) in [7, 11) is 2.12. The monoisotopic (exact) mass is 183 g/mol. The van der Waals surface area contributed by atoms with Crippen LogP contribution in [0.15, 0.2) is 0 Å². The first-order chi connectivity index (χ1) is 6.27. The molecule has 13 heavy (non-hydrogen) atoms. The Morgan fingerprint density at radius 1 is 1.38 bits per heavy atom. The maximum atomic E-state index is 3.49. The molecule has 1 saturated carbocycles. The van der Waals surface area contributed by atoms with E-state index in [0.29, 0.717) is 0 Å². The molecule has 1 rings (SSSR count). The molecule has 78 valence electrons. The Bertz CT molecular complexity index is 133. The summed E-state index contributed by atoms with van der Waals surface area (Å²) in [4.78, 5) is 0. The van der Waals surface area contributed by atoms with Gasteiger partial charge in [-0.25, -0.2) is 0 Å². The van der Waals surface area contributed by atoms with Gasteiger partial charge in [-0.2, -0.15) is 0 Å². The third-order valence-corrected chi connectivity index (χ3v) is 3.52. The number of hydrogen-bond acceptors (Lipinski definition) is 1. The van der Waals surface area contributed by atoms with Crippen molar-refractivity contribution in [3.8, 4) is 0 Å². The van der Waals surface area contributed by atoms with Crippen molar-refractivity contribution in [3.63, 3.8) is 0 Å². The molecule has 0 aromatic rings. The molecule has 0 aromatic carbocycles. The molecule has 0 spiro atoms. The van der Waals surface area contributed by atoms with Gasteiger partial charge in [0.15, 0.2) is 0 Å². The lowest BCUT2D eigenvalue weighted by molar-refractivity contribution is 0.220. The lowest BCUT2D eigenvalue weighted by atomic mass is 9.77. The molecule has 0 heterocycles. The van der Waals surface area contributed by atoms with E-state index < -0.39 is 0 Å². The average Bonchev–Trinajstić information content (AvgIpc) is 2.14. The summed E-state index contributed by atoms with van der Waals surface area (Å²) in [5, 5.41) is 3.49. The van der Waals surface area contributed by atoms with Gasteiger partial charge in [-0.3, -0.25) is 0 Å². The van der Waals surface area contributed by atoms with Crippen LogP contribution in [-0.4, -0.2) is 13.1 Å². The van der Waals surface area contributed by atoms with E-state index in [9.17, 15) is 0 Å². The Hall–Kier alpha value is -0.0400. The molecule has 1 N–H and O–H groups in total. The molecule has 0 radical (unpaired) electrons. The Labute approximate surface area is 83.3 Å². The minimum absolute atomic E-state index is 0.785. The number of nitrogens with one attached hydrogen (secondary N) is 1. The van der Waals surface area contributed by atoms with Crippen LogP contribution in [0.5, 0.6) is 0 Å². The fourth-order valence-corrected chi connectivity index (χ4v) is 2.77. The molecule has 0 aromatic heterocycles.